The Morgan fingerprint density at radius 1 is 1.18 bits per heavy atom. The van der Waals surface area contributed by atoms with Crippen LogP contribution in [0, 0.1) is 0 Å². The van der Waals surface area contributed by atoms with E-state index < -0.39 is 0 Å². The Bertz CT molecular complexity index is 943. The van der Waals surface area contributed by atoms with Crippen LogP contribution >= 0.6 is 23.1 Å². The molecule has 0 bridgehead atoms. The fraction of sp³-hybridized carbons (Fsp3) is 0.381. The molecule has 4 rings (SSSR count). The van der Waals surface area contributed by atoms with Gasteiger partial charge in [-0.1, -0.05) is 43.8 Å². The number of amides is 1. The summed E-state index contributed by atoms with van der Waals surface area (Å²) in [5.41, 5.74) is 2.09. The molecule has 7 heteroatoms. The average Bonchev–Trinajstić information content (AvgIpc) is 3.20. The Kier molecular flexibility index (Phi) is 5.55. The van der Waals surface area contributed by atoms with E-state index in [9.17, 15) is 4.79 Å². The van der Waals surface area contributed by atoms with E-state index in [1.165, 1.54) is 17.3 Å². The van der Waals surface area contributed by atoms with Crippen LogP contribution in [0.1, 0.15) is 51.1 Å². The molecule has 28 heavy (non-hydrogen) atoms. The van der Waals surface area contributed by atoms with Crippen LogP contribution in [0.3, 0.4) is 0 Å². The summed E-state index contributed by atoms with van der Waals surface area (Å²) in [4.78, 5) is 13.8. The monoisotopic (exact) mass is 412 g/mol. The first-order chi connectivity index (χ1) is 13.5. The molecule has 0 aliphatic heterocycles. The van der Waals surface area contributed by atoms with Gasteiger partial charge in [0.25, 0.3) is 0 Å². The Morgan fingerprint density at radius 2 is 1.93 bits per heavy atom. The van der Waals surface area contributed by atoms with E-state index in [2.05, 4.69) is 57.5 Å². The maximum Gasteiger partial charge on any atom is 0.237 e. The second-order valence-electron chi connectivity index (χ2n) is 7.41. The Morgan fingerprint density at radius 3 is 2.54 bits per heavy atom. The van der Waals surface area contributed by atoms with Crippen molar-refractivity contribution >= 4 is 34.7 Å². The number of carbonyl (C=O) groups excluding carboxylic acids is 1. The van der Waals surface area contributed by atoms with Gasteiger partial charge < -0.3 is 5.32 Å². The summed E-state index contributed by atoms with van der Waals surface area (Å²) in [6, 6.07) is 12.6. The molecule has 3 aromatic rings. The molecule has 1 fully saturated rings. The minimum atomic E-state index is -0.261. The van der Waals surface area contributed by atoms with Gasteiger partial charge in [-0.15, -0.1) is 21.5 Å². The fourth-order valence-corrected chi connectivity index (χ4v) is 4.62. The van der Waals surface area contributed by atoms with E-state index in [1.54, 1.807) is 11.3 Å². The molecule has 0 radical (unpaired) electrons. The van der Waals surface area contributed by atoms with Crippen molar-refractivity contribution in [3.8, 4) is 10.7 Å². The van der Waals surface area contributed by atoms with E-state index in [-0.39, 0.29) is 11.2 Å². The number of nitrogens with one attached hydrogen (secondary N) is 1. The van der Waals surface area contributed by atoms with Crippen molar-refractivity contribution in [2.75, 3.05) is 5.32 Å². The van der Waals surface area contributed by atoms with Crippen LogP contribution in [-0.4, -0.2) is 25.9 Å². The SMILES string of the molecule is CC(C)c1ccc(NC(=O)[C@H](C)Sc2nnc(-c3cccs3)n2C2CC2)cc1. The molecule has 1 aliphatic carbocycles. The second kappa shape index (κ2) is 8.09. The van der Waals surface area contributed by atoms with Gasteiger partial charge in [-0.25, -0.2) is 0 Å². The van der Waals surface area contributed by atoms with Crippen LogP contribution in [0.5, 0.6) is 0 Å². The quantitative estimate of drug-likeness (QED) is 0.514. The van der Waals surface area contributed by atoms with E-state index in [0.29, 0.717) is 12.0 Å². The second-order valence-corrected chi connectivity index (χ2v) is 9.67. The Balaban J connectivity index is 1.46. The molecule has 0 saturated heterocycles. The lowest BCUT2D eigenvalue weighted by atomic mass is 10.0. The van der Waals surface area contributed by atoms with Crippen LogP contribution in [-0.2, 0) is 4.79 Å². The lowest BCUT2D eigenvalue weighted by Crippen LogP contribution is -2.23. The van der Waals surface area contributed by atoms with Gasteiger partial charge in [0.2, 0.25) is 5.91 Å². The summed E-state index contributed by atoms with van der Waals surface area (Å²) in [5.74, 6) is 1.37. The molecule has 5 nitrogen and oxygen atoms in total. The molecule has 2 aromatic heterocycles. The molecule has 1 amide bonds. The maximum absolute atomic E-state index is 12.7. The van der Waals surface area contributed by atoms with Crippen LogP contribution in [0.2, 0.25) is 0 Å². The smallest absolute Gasteiger partial charge is 0.237 e. The van der Waals surface area contributed by atoms with Gasteiger partial charge in [-0.2, -0.15) is 0 Å². The van der Waals surface area contributed by atoms with Gasteiger partial charge in [0.15, 0.2) is 11.0 Å². The standard InChI is InChI=1S/C21H24N4OS2/c1-13(2)15-6-8-16(9-7-15)22-20(26)14(3)28-21-24-23-19(18-5-4-12-27-18)25(21)17-10-11-17/h4-9,12-14,17H,10-11H2,1-3H3,(H,22,26)/t14-/m0/s1. The highest BCUT2D eigenvalue weighted by Crippen LogP contribution is 2.42. The van der Waals surface area contributed by atoms with Gasteiger partial charge in [0.1, 0.15) is 0 Å². The van der Waals surface area contributed by atoms with E-state index in [0.717, 1.165) is 34.4 Å². The first-order valence-corrected chi connectivity index (χ1v) is 11.3. The number of aromatic nitrogens is 3. The average molecular weight is 413 g/mol. The van der Waals surface area contributed by atoms with Crippen LogP contribution in [0.25, 0.3) is 10.7 Å². The molecular formula is C21H24N4OS2. The highest BCUT2D eigenvalue weighted by atomic mass is 32.2. The summed E-state index contributed by atoms with van der Waals surface area (Å²) in [5, 5.41) is 14.4. The number of anilines is 1. The summed E-state index contributed by atoms with van der Waals surface area (Å²) in [6.07, 6.45) is 2.29. The third-order valence-electron chi connectivity index (χ3n) is 4.81. The van der Waals surface area contributed by atoms with Crippen LogP contribution in [0.15, 0.2) is 46.9 Å². The van der Waals surface area contributed by atoms with Gasteiger partial charge in [0.05, 0.1) is 10.1 Å². The zero-order chi connectivity index (χ0) is 19.7. The van der Waals surface area contributed by atoms with Gasteiger partial charge in [-0.3, -0.25) is 9.36 Å². The lowest BCUT2D eigenvalue weighted by molar-refractivity contribution is -0.115. The van der Waals surface area contributed by atoms with Crippen molar-refractivity contribution in [2.45, 2.75) is 56.0 Å². The van der Waals surface area contributed by atoms with E-state index >= 15 is 0 Å². The topological polar surface area (TPSA) is 59.8 Å². The number of carbonyl (C=O) groups is 1. The lowest BCUT2D eigenvalue weighted by Gasteiger charge is -2.14. The zero-order valence-corrected chi connectivity index (χ0v) is 17.9. The number of nitrogens with zero attached hydrogens (tertiary/aromatic N) is 3. The summed E-state index contributed by atoms with van der Waals surface area (Å²) in [6.45, 7) is 6.23. The van der Waals surface area contributed by atoms with Crippen molar-refractivity contribution in [3.63, 3.8) is 0 Å². The third kappa shape index (κ3) is 4.15. The molecule has 1 aliphatic rings. The highest BCUT2D eigenvalue weighted by Gasteiger charge is 2.31. The predicted octanol–water partition coefficient (Wildman–Crippen LogP) is 5.58. The number of hydrogen-bond acceptors (Lipinski definition) is 5. The largest absolute Gasteiger partial charge is 0.325 e. The van der Waals surface area contributed by atoms with Crippen molar-refractivity contribution in [1.82, 2.24) is 14.8 Å². The zero-order valence-electron chi connectivity index (χ0n) is 16.3. The first-order valence-electron chi connectivity index (χ1n) is 9.59. The molecule has 1 saturated carbocycles. The van der Waals surface area contributed by atoms with Crippen molar-refractivity contribution < 1.29 is 4.79 Å². The van der Waals surface area contributed by atoms with Crippen molar-refractivity contribution in [1.29, 1.82) is 0 Å². The number of rotatable bonds is 7. The van der Waals surface area contributed by atoms with Crippen LogP contribution in [0.4, 0.5) is 5.69 Å². The van der Waals surface area contributed by atoms with Crippen LogP contribution < -0.4 is 5.32 Å². The summed E-state index contributed by atoms with van der Waals surface area (Å²) in [7, 11) is 0. The fourth-order valence-electron chi connectivity index (χ4n) is 3.00. The van der Waals surface area contributed by atoms with Crippen molar-refractivity contribution in [3.05, 3.63) is 47.3 Å². The number of benzene rings is 1. The number of thiophene rings is 1. The molecule has 0 spiro atoms. The van der Waals surface area contributed by atoms with E-state index in [1.807, 2.05) is 25.1 Å². The minimum absolute atomic E-state index is 0.0229. The maximum atomic E-state index is 12.7. The van der Waals surface area contributed by atoms with E-state index in [4.69, 9.17) is 0 Å². The van der Waals surface area contributed by atoms with Crippen molar-refractivity contribution in [2.24, 2.45) is 0 Å². The summed E-state index contributed by atoms with van der Waals surface area (Å²) < 4.78 is 2.21. The normalized spacial score (nSPS) is 15.0. The summed E-state index contributed by atoms with van der Waals surface area (Å²) >= 11 is 3.14. The number of thioether (sulfide) groups is 1. The Labute approximate surface area is 173 Å². The number of hydrogen-bond donors (Lipinski definition) is 1. The molecule has 0 unspecified atom stereocenters. The third-order valence-corrected chi connectivity index (χ3v) is 6.74. The minimum Gasteiger partial charge on any atom is -0.325 e. The first kappa shape index (κ1) is 19.2. The van der Waals surface area contributed by atoms with Gasteiger partial charge in [-0.05, 0) is 54.8 Å². The molecular weight excluding hydrogens is 388 g/mol. The molecule has 2 heterocycles. The van der Waals surface area contributed by atoms with Gasteiger partial charge in [0, 0.05) is 11.7 Å². The highest BCUT2D eigenvalue weighted by molar-refractivity contribution is 8.00. The molecule has 1 N–H and O–H groups in total. The molecule has 1 atom stereocenters. The molecule has 146 valence electrons. The Hall–Kier alpha value is -2.12. The molecule has 1 aromatic carbocycles. The van der Waals surface area contributed by atoms with Gasteiger partial charge >= 0.3 is 0 Å². The predicted molar refractivity (Wildman–Crippen MR) is 116 cm³/mol.